The Hall–Kier alpha value is -1.68. The smallest absolute Gasteiger partial charge is 0.220 e. The molecule has 84 valence electrons. The molecule has 16 heavy (non-hydrogen) atoms. The number of benzene rings is 1. The van der Waals surface area contributed by atoms with Crippen molar-refractivity contribution < 1.29 is 13.5 Å². The van der Waals surface area contributed by atoms with Crippen LogP contribution in [0.1, 0.15) is 11.5 Å². The molecule has 0 saturated carbocycles. The second-order valence-corrected chi connectivity index (χ2v) is 3.52. The Kier molecular flexibility index (Phi) is 3.01. The number of hydrogen-bond donors (Lipinski definition) is 0. The fourth-order valence-electron chi connectivity index (χ4n) is 1.44. The zero-order valence-electron chi connectivity index (χ0n) is 9.16. The molecular weight excluding hydrogens is 209 g/mol. The molecule has 0 bridgehead atoms. The number of hydrogen-bond acceptors (Lipinski definition) is 3. The van der Waals surface area contributed by atoms with Crippen LogP contribution in [0.5, 0.6) is 0 Å². The molecule has 2 aromatic rings. The van der Waals surface area contributed by atoms with Crippen molar-refractivity contribution in [3.05, 3.63) is 41.7 Å². The van der Waals surface area contributed by atoms with Gasteiger partial charge in [-0.2, -0.15) is 0 Å². The molecule has 0 spiro atoms. The monoisotopic (exact) mass is 221 g/mol. The Labute approximate surface area is 92.9 Å². The molecule has 0 N–H and O–H groups in total. The van der Waals surface area contributed by atoms with Crippen LogP contribution < -0.4 is 0 Å². The van der Waals surface area contributed by atoms with E-state index in [1.807, 2.05) is 0 Å². The van der Waals surface area contributed by atoms with Crippen LogP contribution in [-0.4, -0.2) is 12.1 Å². The Morgan fingerprint density at radius 2 is 2.25 bits per heavy atom. The normalized spacial score (nSPS) is 10.7. The molecule has 0 fully saturated rings. The Bertz CT molecular complexity index is 494. The Balaban J connectivity index is 2.31. The molecule has 0 aliphatic rings. The third-order valence-electron chi connectivity index (χ3n) is 2.27. The van der Waals surface area contributed by atoms with Crippen molar-refractivity contribution in [2.45, 2.75) is 13.5 Å². The highest BCUT2D eigenvalue weighted by atomic mass is 19.1. The van der Waals surface area contributed by atoms with Gasteiger partial charge in [-0.05, 0) is 30.7 Å². The van der Waals surface area contributed by atoms with Gasteiger partial charge in [0.25, 0.3) is 0 Å². The maximum atomic E-state index is 13.1. The molecule has 0 unspecified atom stereocenters. The van der Waals surface area contributed by atoms with Crippen LogP contribution in [0.25, 0.3) is 11.3 Å². The standard InChI is InChI=1S/C12H12FNO2/c1-8-5-9(3-4-10(8)13)11-6-16-12(14-11)7-15-2/h3-6H,7H2,1-2H3. The number of aryl methyl sites for hydroxylation is 1. The molecule has 1 aromatic carbocycles. The number of oxazole rings is 1. The van der Waals surface area contributed by atoms with Crippen LogP contribution in [0.4, 0.5) is 4.39 Å². The van der Waals surface area contributed by atoms with Gasteiger partial charge in [0.15, 0.2) is 0 Å². The maximum Gasteiger partial charge on any atom is 0.220 e. The predicted molar refractivity (Wildman–Crippen MR) is 57.3 cm³/mol. The molecule has 0 amide bonds. The van der Waals surface area contributed by atoms with Crippen molar-refractivity contribution in [1.82, 2.24) is 4.98 Å². The minimum Gasteiger partial charge on any atom is -0.446 e. The Morgan fingerprint density at radius 1 is 1.44 bits per heavy atom. The van der Waals surface area contributed by atoms with Crippen molar-refractivity contribution in [2.75, 3.05) is 7.11 Å². The molecule has 4 heteroatoms. The van der Waals surface area contributed by atoms with Gasteiger partial charge in [-0.25, -0.2) is 9.37 Å². The first kappa shape index (κ1) is 10.8. The number of ether oxygens (including phenoxy) is 1. The second-order valence-electron chi connectivity index (χ2n) is 3.52. The van der Waals surface area contributed by atoms with Crippen molar-refractivity contribution >= 4 is 0 Å². The summed E-state index contributed by atoms with van der Waals surface area (Å²) in [5.74, 6) is 0.295. The summed E-state index contributed by atoms with van der Waals surface area (Å²) in [7, 11) is 1.58. The summed E-state index contributed by atoms with van der Waals surface area (Å²) < 4.78 is 23.2. The van der Waals surface area contributed by atoms with Gasteiger partial charge in [-0.15, -0.1) is 0 Å². The highest BCUT2D eigenvalue weighted by Crippen LogP contribution is 2.21. The number of rotatable bonds is 3. The topological polar surface area (TPSA) is 35.3 Å². The average molecular weight is 221 g/mol. The van der Waals surface area contributed by atoms with Gasteiger partial charge < -0.3 is 9.15 Å². The van der Waals surface area contributed by atoms with E-state index in [0.717, 1.165) is 5.56 Å². The third kappa shape index (κ3) is 2.12. The minimum atomic E-state index is -0.218. The summed E-state index contributed by atoms with van der Waals surface area (Å²) >= 11 is 0. The number of nitrogens with zero attached hydrogens (tertiary/aromatic N) is 1. The van der Waals surface area contributed by atoms with Gasteiger partial charge in [0.2, 0.25) is 5.89 Å². The lowest BCUT2D eigenvalue weighted by molar-refractivity contribution is 0.159. The molecular formula is C12H12FNO2. The van der Waals surface area contributed by atoms with Crippen molar-refractivity contribution in [2.24, 2.45) is 0 Å². The van der Waals surface area contributed by atoms with Crippen molar-refractivity contribution in [3.8, 4) is 11.3 Å². The molecule has 2 rings (SSSR count). The quantitative estimate of drug-likeness (QED) is 0.799. The van der Waals surface area contributed by atoms with Crippen LogP contribution in [0.3, 0.4) is 0 Å². The van der Waals surface area contributed by atoms with E-state index in [0.29, 0.717) is 23.8 Å². The first-order valence-electron chi connectivity index (χ1n) is 4.90. The molecule has 0 radical (unpaired) electrons. The van der Waals surface area contributed by atoms with Crippen LogP contribution in [0.15, 0.2) is 28.9 Å². The largest absolute Gasteiger partial charge is 0.446 e. The highest BCUT2D eigenvalue weighted by molar-refractivity contribution is 5.58. The van der Waals surface area contributed by atoms with Crippen molar-refractivity contribution in [3.63, 3.8) is 0 Å². The van der Waals surface area contributed by atoms with E-state index in [-0.39, 0.29) is 5.82 Å². The van der Waals surface area contributed by atoms with Gasteiger partial charge >= 0.3 is 0 Å². The number of aromatic nitrogens is 1. The number of methoxy groups -OCH3 is 1. The van der Waals surface area contributed by atoms with E-state index in [9.17, 15) is 4.39 Å². The van der Waals surface area contributed by atoms with E-state index in [1.54, 1.807) is 32.4 Å². The maximum absolute atomic E-state index is 13.1. The first-order valence-corrected chi connectivity index (χ1v) is 4.90. The van der Waals surface area contributed by atoms with E-state index in [1.165, 1.54) is 6.07 Å². The van der Waals surface area contributed by atoms with E-state index < -0.39 is 0 Å². The van der Waals surface area contributed by atoms with E-state index >= 15 is 0 Å². The molecule has 0 saturated heterocycles. The summed E-state index contributed by atoms with van der Waals surface area (Å²) in [4.78, 5) is 4.23. The summed E-state index contributed by atoms with van der Waals surface area (Å²) in [6, 6.07) is 4.84. The van der Waals surface area contributed by atoms with Crippen LogP contribution in [0.2, 0.25) is 0 Å². The number of halogens is 1. The lowest BCUT2D eigenvalue weighted by Crippen LogP contribution is -1.88. The zero-order valence-corrected chi connectivity index (χ0v) is 9.16. The summed E-state index contributed by atoms with van der Waals surface area (Å²) in [5.41, 5.74) is 2.12. The van der Waals surface area contributed by atoms with Gasteiger partial charge in [-0.3, -0.25) is 0 Å². The first-order chi connectivity index (χ1) is 7.70. The zero-order chi connectivity index (χ0) is 11.5. The fourth-order valence-corrected chi connectivity index (χ4v) is 1.44. The second kappa shape index (κ2) is 4.45. The fraction of sp³-hybridized carbons (Fsp3) is 0.250. The summed E-state index contributed by atoms with van der Waals surface area (Å²) in [5, 5.41) is 0. The molecule has 0 aliphatic carbocycles. The molecule has 0 atom stereocenters. The summed E-state index contributed by atoms with van der Waals surface area (Å²) in [6.07, 6.45) is 1.54. The van der Waals surface area contributed by atoms with Crippen LogP contribution in [0, 0.1) is 12.7 Å². The van der Waals surface area contributed by atoms with Gasteiger partial charge in [-0.1, -0.05) is 0 Å². The Morgan fingerprint density at radius 3 is 2.94 bits per heavy atom. The summed E-state index contributed by atoms with van der Waals surface area (Å²) in [6.45, 7) is 2.05. The lowest BCUT2D eigenvalue weighted by atomic mass is 10.1. The van der Waals surface area contributed by atoms with Gasteiger partial charge in [0.1, 0.15) is 24.4 Å². The molecule has 1 aromatic heterocycles. The van der Waals surface area contributed by atoms with E-state index in [4.69, 9.17) is 9.15 Å². The van der Waals surface area contributed by atoms with E-state index in [2.05, 4.69) is 4.98 Å². The third-order valence-corrected chi connectivity index (χ3v) is 2.27. The molecule has 1 heterocycles. The molecule has 0 aliphatic heterocycles. The average Bonchev–Trinajstić information content (AvgIpc) is 2.71. The minimum absolute atomic E-state index is 0.218. The SMILES string of the molecule is COCc1nc(-c2ccc(F)c(C)c2)co1. The molecule has 3 nitrogen and oxygen atoms in total. The van der Waals surface area contributed by atoms with Crippen molar-refractivity contribution in [1.29, 1.82) is 0 Å². The lowest BCUT2D eigenvalue weighted by Gasteiger charge is -1.99. The predicted octanol–water partition coefficient (Wildman–Crippen LogP) is 2.94. The van der Waals surface area contributed by atoms with Crippen LogP contribution >= 0.6 is 0 Å². The van der Waals surface area contributed by atoms with Gasteiger partial charge in [0.05, 0.1) is 0 Å². The van der Waals surface area contributed by atoms with Crippen LogP contribution in [-0.2, 0) is 11.3 Å². The van der Waals surface area contributed by atoms with Gasteiger partial charge in [0, 0.05) is 12.7 Å². The highest BCUT2D eigenvalue weighted by Gasteiger charge is 2.07.